The summed E-state index contributed by atoms with van der Waals surface area (Å²) < 4.78 is 5.94. The van der Waals surface area contributed by atoms with Crippen molar-refractivity contribution >= 4 is 11.3 Å². The summed E-state index contributed by atoms with van der Waals surface area (Å²) in [6.07, 6.45) is 0.796. The van der Waals surface area contributed by atoms with E-state index in [1.165, 1.54) is 10.4 Å². The Morgan fingerprint density at radius 2 is 2.29 bits per heavy atom. The molecule has 1 saturated heterocycles. The molecule has 0 saturated carbocycles. The Balaban J connectivity index is 2.30. The van der Waals surface area contributed by atoms with Gasteiger partial charge in [0, 0.05) is 24.0 Å². The van der Waals surface area contributed by atoms with Gasteiger partial charge in [0.15, 0.2) is 0 Å². The molecule has 0 bridgehead atoms. The van der Waals surface area contributed by atoms with Crippen LogP contribution in [0.3, 0.4) is 0 Å². The normalized spacial score (nSPS) is 25.7. The molecule has 3 atom stereocenters. The summed E-state index contributed by atoms with van der Waals surface area (Å²) in [5.74, 6) is 0. The molecule has 1 aromatic rings. The first-order chi connectivity index (χ1) is 9.88. The van der Waals surface area contributed by atoms with E-state index in [1.54, 1.807) is 11.3 Å². The summed E-state index contributed by atoms with van der Waals surface area (Å²) in [6, 6.07) is 2.45. The zero-order valence-corrected chi connectivity index (χ0v) is 14.3. The number of aliphatic hydroxyl groups excluding tert-OH is 1. The van der Waals surface area contributed by atoms with Crippen LogP contribution in [0.25, 0.3) is 0 Å². The number of aryl methyl sites for hydroxylation is 1. The van der Waals surface area contributed by atoms with Crippen LogP contribution in [0.1, 0.15) is 43.7 Å². The van der Waals surface area contributed by atoms with Crippen LogP contribution in [-0.2, 0) is 4.74 Å². The van der Waals surface area contributed by atoms with Crippen molar-refractivity contribution in [1.29, 1.82) is 0 Å². The fourth-order valence-corrected chi connectivity index (χ4v) is 4.33. The number of hydrogen-bond donors (Lipinski definition) is 2. The number of hydrogen-bond acceptors (Lipinski definition) is 5. The molecule has 0 aromatic carbocycles. The minimum Gasteiger partial charge on any atom is -0.394 e. The molecule has 0 amide bonds. The second-order valence-corrected chi connectivity index (χ2v) is 7.54. The lowest BCUT2D eigenvalue weighted by atomic mass is 9.96. The second kappa shape index (κ2) is 6.75. The van der Waals surface area contributed by atoms with Crippen molar-refractivity contribution < 1.29 is 9.84 Å². The van der Waals surface area contributed by atoms with Crippen LogP contribution in [0.2, 0.25) is 0 Å². The molecule has 1 fully saturated rings. The van der Waals surface area contributed by atoms with Gasteiger partial charge in [0.05, 0.1) is 24.4 Å². The lowest BCUT2D eigenvalue weighted by Gasteiger charge is -2.46. The van der Waals surface area contributed by atoms with Crippen molar-refractivity contribution in [3.8, 4) is 0 Å². The number of nitrogens with zero attached hydrogens (tertiary/aromatic N) is 1. The van der Waals surface area contributed by atoms with Crippen LogP contribution in [0, 0.1) is 6.92 Å². The third-order valence-corrected chi connectivity index (χ3v) is 5.24. The molecule has 1 aliphatic heterocycles. The van der Waals surface area contributed by atoms with Gasteiger partial charge < -0.3 is 15.6 Å². The number of thiophene rings is 1. The minimum absolute atomic E-state index is 0.0530. The van der Waals surface area contributed by atoms with Crippen molar-refractivity contribution in [2.75, 3.05) is 19.7 Å². The second-order valence-electron chi connectivity index (χ2n) is 6.60. The van der Waals surface area contributed by atoms with Gasteiger partial charge in [-0.3, -0.25) is 4.90 Å². The van der Waals surface area contributed by atoms with E-state index in [0.717, 1.165) is 19.5 Å². The van der Waals surface area contributed by atoms with E-state index >= 15 is 0 Å². The summed E-state index contributed by atoms with van der Waals surface area (Å²) >= 11 is 1.78. The van der Waals surface area contributed by atoms with Gasteiger partial charge in [0.25, 0.3) is 0 Å². The highest BCUT2D eigenvalue weighted by molar-refractivity contribution is 7.10. The topological polar surface area (TPSA) is 58.7 Å². The first-order valence-corrected chi connectivity index (χ1v) is 8.58. The van der Waals surface area contributed by atoms with Gasteiger partial charge in [-0.1, -0.05) is 6.92 Å². The SMILES string of the molecule is CCC(N)C(c1sccc1C)N1CC(CO)OC(C)(C)C1. The lowest BCUT2D eigenvalue weighted by Crippen LogP contribution is -2.57. The summed E-state index contributed by atoms with van der Waals surface area (Å²) in [7, 11) is 0. The molecule has 120 valence electrons. The molecule has 0 radical (unpaired) electrons. The number of ether oxygens (including phenoxy) is 1. The summed E-state index contributed by atoms with van der Waals surface area (Å²) in [5, 5.41) is 11.7. The Bertz CT molecular complexity index is 461. The molecule has 2 heterocycles. The van der Waals surface area contributed by atoms with Crippen LogP contribution < -0.4 is 5.73 Å². The van der Waals surface area contributed by atoms with Crippen molar-refractivity contribution in [2.45, 2.75) is 57.9 Å². The van der Waals surface area contributed by atoms with Crippen LogP contribution in [0.15, 0.2) is 11.4 Å². The molecule has 3 N–H and O–H groups in total. The van der Waals surface area contributed by atoms with Crippen molar-refractivity contribution in [3.05, 3.63) is 21.9 Å². The fraction of sp³-hybridized carbons (Fsp3) is 0.750. The zero-order valence-electron chi connectivity index (χ0n) is 13.5. The molecular formula is C16H28N2O2S. The third-order valence-electron chi connectivity index (χ3n) is 4.15. The van der Waals surface area contributed by atoms with E-state index in [-0.39, 0.29) is 30.4 Å². The van der Waals surface area contributed by atoms with E-state index in [0.29, 0.717) is 0 Å². The van der Waals surface area contributed by atoms with Gasteiger partial charge in [0.2, 0.25) is 0 Å². The molecule has 4 nitrogen and oxygen atoms in total. The highest BCUT2D eigenvalue weighted by Gasteiger charge is 2.39. The van der Waals surface area contributed by atoms with Gasteiger partial charge in [-0.25, -0.2) is 0 Å². The number of aliphatic hydroxyl groups is 1. The van der Waals surface area contributed by atoms with E-state index in [4.69, 9.17) is 10.5 Å². The number of rotatable bonds is 5. The molecule has 1 aliphatic rings. The number of nitrogens with two attached hydrogens (primary N) is 1. The van der Waals surface area contributed by atoms with Crippen molar-refractivity contribution in [3.63, 3.8) is 0 Å². The van der Waals surface area contributed by atoms with E-state index in [9.17, 15) is 5.11 Å². The maximum Gasteiger partial charge on any atom is 0.0940 e. The average Bonchev–Trinajstić information content (AvgIpc) is 2.83. The molecular weight excluding hydrogens is 284 g/mol. The maximum absolute atomic E-state index is 9.52. The van der Waals surface area contributed by atoms with Crippen LogP contribution >= 0.6 is 11.3 Å². The summed E-state index contributed by atoms with van der Waals surface area (Å²) in [4.78, 5) is 3.75. The quantitative estimate of drug-likeness (QED) is 0.876. The van der Waals surface area contributed by atoms with Gasteiger partial charge in [-0.15, -0.1) is 11.3 Å². The van der Waals surface area contributed by atoms with Gasteiger partial charge in [-0.05, 0) is 44.2 Å². The maximum atomic E-state index is 9.52. The van der Waals surface area contributed by atoms with E-state index in [2.05, 4.69) is 44.0 Å². The predicted octanol–water partition coefficient (Wildman–Crippen LogP) is 2.31. The predicted molar refractivity (Wildman–Crippen MR) is 87.7 cm³/mol. The molecule has 1 aromatic heterocycles. The van der Waals surface area contributed by atoms with Crippen LogP contribution in [-0.4, -0.2) is 47.4 Å². The van der Waals surface area contributed by atoms with Crippen LogP contribution in [0.4, 0.5) is 0 Å². The Hall–Kier alpha value is -0.460. The van der Waals surface area contributed by atoms with Crippen LogP contribution in [0.5, 0.6) is 0 Å². The van der Waals surface area contributed by atoms with Gasteiger partial charge in [0.1, 0.15) is 0 Å². The van der Waals surface area contributed by atoms with Gasteiger partial charge >= 0.3 is 0 Å². The highest BCUT2D eigenvalue weighted by atomic mass is 32.1. The largest absolute Gasteiger partial charge is 0.394 e. The first kappa shape index (κ1) is 16.9. The highest BCUT2D eigenvalue weighted by Crippen LogP contribution is 2.35. The first-order valence-electron chi connectivity index (χ1n) is 7.70. The average molecular weight is 312 g/mol. The third kappa shape index (κ3) is 3.85. The molecule has 3 unspecified atom stereocenters. The molecule has 0 aliphatic carbocycles. The Morgan fingerprint density at radius 1 is 1.57 bits per heavy atom. The van der Waals surface area contributed by atoms with E-state index < -0.39 is 0 Å². The lowest BCUT2D eigenvalue weighted by molar-refractivity contribution is -0.158. The van der Waals surface area contributed by atoms with E-state index in [1.807, 2.05) is 0 Å². The van der Waals surface area contributed by atoms with Crippen molar-refractivity contribution in [1.82, 2.24) is 4.90 Å². The van der Waals surface area contributed by atoms with Gasteiger partial charge in [-0.2, -0.15) is 0 Å². The zero-order chi connectivity index (χ0) is 15.6. The smallest absolute Gasteiger partial charge is 0.0940 e. The monoisotopic (exact) mass is 312 g/mol. The Kier molecular flexibility index (Phi) is 5.43. The standard InChI is InChI=1S/C16H28N2O2S/c1-5-13(17)14(15-11(2)6-7-21-15)18-8-12(9-19)20-16(3,4)10-18/h6-7,12-14,19H,5,8-10,17H2,1-4H3. The number of morpholine rings is 1. The minimum atomic E-state index is -0.261. The molecule has 21 heavy (non-hydrogen) atoms. The Morgan fingerprint density at radius 3 is 2.81 bits per heavy atom. The summed E-state index contributed by atoms with van der Waals surface area (Å²) in [6.45, 7) is 10.1. The Labute approximate surface area is 131 Å². The molecule has 2 rings (SSSR count). The van der Waals surface area contributed by atoms with Crippen molar-refractivity contribution in [2.24, 2.45) is 5.73 Å². The molecule has 5 heteroatoms. The fourth-order valence-electron chi connectivity index (χ4n) is 3.19. The molecule has 0 spiro atoms. The summed E-state index contributed by atoms with van der Waals surface area (Å²) in [5.41, 5.74) is 7.49.